The Kier molecular flexibility index (Phi) is 4.66. The van der Waals surface area contributed by atoms with E-state index < -0.39 is 0 Å². The molecule has 2 N–H and O–H groups in total. The van der Waals surface area contributed by atoms with Crippen molar-refractivity contribution in [1.82, 2.24) is 4.98 Å². The summed E-state index contributed by atoms with van der Waals surface area (Å²) in [5.41, 5.74) is 8.16. The SMILES string of the molecule is CC(C)(C)c1csc(CSc2cccc(CN)c2)n1. The lowest BCUT2D eigenvalue weighted by Crippen LogP contribution is -2.11. The largest absolute Gasteiger partial charge is 0.326 e. The van der Waals surface area contributed by atoms with Crippen LogP contribution in [0.3, 0.4) is 0 Å². The Morgan fingerprint density at radius 1 is 1.32 bits per heavy atom. The van der Waals surface area contributed by atoms with Gasteiger partial charge in [-0.05, 0) is 17.7 Å². The minimum atomic E-state index is 0.138. The number of nitrogens with two attached hydrogens (primary N) is 1. The van der Waals surface area contributed by atoms with Crippen LogP contribution in [-0.4, -0.2) is 4.98 Å². The van der Waals surface area contributed by atoms with Crippen molar-refractivity contribution in [3.05, 3.63) is 45.9 Å². The molecule has 0 aliphatic carbocycles. The van der Waals surface area contributed by atoms with Crippen LogP contribution in [0.4, 0.5) is 0 Å². The van der Waals surface area contributed by atoms with E-state index in [-0.39, 0.29) is 5.41 Å². The van der Waals surface area contributed by atoms with E-state index in [4.69, 9.17) is 10.7 Å². The van der Waals surface area contributed by atoms with E-state index in [0.29, 0.717) is 6.54 Å². The van der Waals surface area contributed by atoms with Gasteiger partial charge in [0.1, 0.15) is 5.01 Å². The fourth-order valence-corrected chi connectivity index (χ4v) is 3.65. The van der Waals surface area contributed by atoms with Gasteiger partial charge in [-0.3, -0.25) is 0 Å². The van der Waals surface area contributed by atoms with Crippen LogP contribution in [0.25, 0.3) is 0 Å². The fourth-order valence-electron chi connectivity index (χ4n) is 1.63. The molecule has 102 valence electrons. The summed E-state index contributed by atoms with van der Waals surface area (Å²) in [6, 6.07) is 8.41. The van der Waals surface area contributed by atoms with Gasteiger partial charge in [0.05, 0.1) is 11.4 Å². The number of nitrogens with zero attached hydrogens (tertiary/aromatic N) is 1. The summed E-state index contributed by atoms with van der Waals surface area (Å²) >= 11 is 3.57. The Labute approximate surface area is 123 Å². The van der Waals surface area contributed by atoms with Gasteiger partial charge in [0, 0.05) is 22.2 Å². The molecule has 2 nitrogen and oxygen atoms in total. The summed E-state index contributed by atoms with van der Waals surface area (Å²) in [5, 5.41) is 3.36. The van der Waals surface area contributed by atoms with Gasteiger partial charge >= 0.3 is 0 Å². The summed E-state index contributed by atoms with van der Waals surface area (Å²) in [5.74, 6) is 0.925. The van der Waals surface area contributed by atoms with Crippen LogP contribution in [-0.2, 0) is 17.7 Å². The molecule has 2 rings (SSSR count). The molecule has 0 saturated heterocycles. The lowest BCUT2D eigenvalue weighted by Gasteiger charge is -2.14. The maximum Gasteiger partial charge on any atom is 0.103 e. The average molecular weight is 292 g/mol. The highest BCUT2D eigenvalue weighted by atomic mass is 32.2. The van der Waals surface area contributed by atoms with E-state index in [2.05, 4.69) is 50.4 Å². The van der Waals surface area contributed by atoms with E-state index in [9.17, 15) is 0 Å². The fraction of sp³-hybridized carbons (Fsp3) is 0.400. The molecule has 0 spiro atoms. The summed E-state index contributed by atoms with van der Waals surface area (Å²) in [7, 11) is 0. The van der Waals surface area contributed by atoms with Crippen molar-refractivity contribution in [1.29, 1.82) is 0 Å². The molecule has 4 heteroatoms. The van der Waals surface area contributed by atoms with Crippen LogP contribution < -0.4 is 5.73 Å². The number of rotatable bonds is 4. The second kappa shape index (κ2) is 6.07. The first-order valence-corrected chi connectivity index (χ1v) is 8.22. The zero-order valence-electron chi connectivity index (χ0n) is 11.6. The summed E-state index contributed by atoms with van der Waals surface area (Å²) in [6.07, 6.45) is 0. The highest BCUT2D eigenvalue weighted by Gasteiger charge is 2.17. The van der Waals surface area contributed by atoms with Crippen LogP contribution in [0.2, 0.25) is 0 Å². The maximum absolute atomic E-state index is 5.66. The van der Waals surface area contributed by atoms with Crippen molar-refractivity contribution < 1.29 is 0 Å². The molecule has 0 aliphatic rings. The van der Waals surface area contributed by atoms with Crippen molar-refractivity contribution in [2.45, 2.75) is 43.4 Å². The molecule has 0 atom stereocenters. The number of benzene rings is 1. The van der Waals surface area contributed by atoms with Crippen LogP contribution in [0.5, 0.6) is 0 Å². The van der Waals surface area contributed by atoms with Gasteiger partial charge in [-0.25, -0.2) is 4.98 Å². The van der Waals surface area contributed by atoms with Crippen molar-refractivity contribution in [2.24, 2.45) is 5.73 Å². The van der Waals surface area contributed by atoms with Crippen molar-refractivity contribution in [2.75, 3.05) is 0 Å². The molecule has 19 heavy (non-hydrogen) atoms. The lowest BCUT2D eigenvalue weighted by atomic mass is 9.93. The number of thioether (sulfide) groups is 1. The molecule has 0 amide bonds. The lowest BCUT2D eigenvalue weighted by molar-refractivity contribution is 0.572. The molecular weight excluding hydrogens is 272 g/mol. The first-order chi connectivity index (χ1) is 8.99. The Bertz CT molecular complexity index is 541. The summed E-state index contributed by atoms with van der Waals surface area (Å²) < 4.78 is 0. The summed E-state index contributed by atoms with van der Waals surface area (Å²) in [4.78, 5) is 5.97. The van der Waals surface area contributed by atoms with E-state index in [1.165, 1.54) is 21.2 Å². The van der Waals surface area contributed by atoms with Gasteiger partial charge < -0.3 is 5.73 Å². The normalized spacial score (nSPS) is 11.8. The molecule has 0 bridgehead atoms. The quantitative estimate of drug-likeness (QED) is 0.859. The van der Waals surface area contributed by atoms with Gasteiger partial charge in [0.15, 0.2) is 0 Å². The monoisotopic (exact) mass is 292 g/mol. The molecule has 0 fully saturated rings. The van der Waals surface area contributed by atoms with Gasteiger partial charge in [0.25, 0.3) is 0 Å². The Balaban J connectivity index is 2.00. The predicted molar refractivity (Wildman–Crippen MR) is 84.7 cm³/mol. The van der Waals surface area contributed by atoms with Gasteiger partial charge in [-0.15, -0.1) is 23.1 Å². The third-order valence-corrected chi connectivity index (χ3v) is 4.85. The third kappa shape index (κ3) is 4.06. The Morgan fingerprint density at radius 3 is 2.74 bits per heavy atom. The maximum atomic E-state index is 5.66. The van der Waals surface area contributed by atoms with Crippen LogP contribution in [0.15, 0.2) is 34.5 Å². The van der Waals surface area contributed by atoms with E-state index in [1.54, 1.807) is 11.3 Å². The minimum absolute atomic E-state index is 0.138. The van der Waals surface area contributed by atoms with Crippen LogP contribution in [0.1, 0.15) is 37.0 Å². The molecule has 1 aromatic heterocycles. The number of hydrogen-bond donors (Lipinski definition) is 1. The smallest absolute Gasteiger partial charge is 0.103 e. The van der Waals surface area contributed by atoms with Crippen molar-refractivity contribution in [3.63, 3.8) is 0 Å². The second-order valence-corrected chi connectivity index (χ2v) is 7.51. The predicted octanol–water partition coefficient (Wildman–Crippen LogP) is 4.19. The molecule has 1 aromatic carbocycles. The van der Waals surface area contributed by atoms with Gasteiger partial charge in [-0.2, -0.15) is 0 Å². The minimum Gasteiger partial charge on any atom is -0.326 e. The van der Waals surface area contributed by atoms with E-state index in [1.807, 2.05) is 11.8 Å². The molecular formula is C15H20N2S2. The Hall–Kier alpha value is -0.840. The van der Waals surface area contributed by atoms with Crippen LogP contribution >= 0.6 is 23.1 Å². The van der Waals surface area contributed by atoms with Gasteiger partial charge in [-0.1, -0.05) is 32.9 Å². The Morgan fingerprint density at radius 2 is 2.11 bits per heavy atom. The van der Waals surface area contributed by atoms with Crippen LogP contribution in [0, 0.1) is 0 Å². The molecule has 0 aliphatic heterocycles. The number of thiazole rings is 1. The van der Waals surface area contributed by atoms with E-state index in [0.717, 1.165) is 5.75 Å². The topological polar surface area (TPSA) is 38.9 Å². The molecule has 0 radical (unpaired) electrons. The molecule has 1 heterocycles. The highest BCUT2D eigenvalue weighted by Crippen LogP contribution is 2.28. The average Bonchev–Trinajstić information content (AvgIpc) is 2.85. The first kappa shape index (κ1) is 14.6. The number of aromatic nitrogens is 1. The molecule has 0 unspecified atom stereocenters. The zero-order chi connectivity index (χ0) is 13.9. The first-order valence-electron chi connectivity index (χ1n) is 6.36. The van der Waals surface area contributed by atoms with Gasteiger partial charge in [0.2, 0.25) is 0 Å². The highest BCUT2D eigenvalue weighted by molar-refractivity contribution is 7.98. The second-order valence-electron chi connectivity index (χ2n) is 5.52. The molecule has 0 saturated carbocycles. The van der Waals surface area contributed by atoms with Crippen molar-refractivity contribution in [3.8, 4) is 0 Å². The summed E-state index contributed by atoms with van der Waals surface area (Å²) in [6.45, 7) is 7.19. The zero-order valence-corrected chi connectivity index (χ0v) is 13.3. The molecule has 2 aromatic rings. The van der Waals surface area contributed by atoms with Crippen molar-refractivity contribution >= 4 is 23.1 Å². The van der Waals surface area contributed by atoms with E-state index >= 15 is 0 Å². The number of hydrogen-bond acceptors (Lipinski definition) is 4. The third-order valence-electron chi connectivity index (χ3n) is 2.82. The standard InChI is InChI=1S/C15H20N2S2/c1-15(2,3)13-9-19-14(17-13)10-18-12-6-4-5-11(7-12)8-16/h4-7,9H,8,10,16H2,1-3H3.